The van der Waals surface area contributed by atoms with Gasteiger partial charge in [0.1, 0.15) is 11.6 Å². The van der Waals surface area contributed by atoms with Gasteiger partial charge in [-0.15, -0.1) is 11.6 Å². The number of aryl methyl sites for hydroxylation is 3. The third kappa shape index (κ3) is 2.38. The van der Waals surface area contributed by atoms with Gasteiger partial charge in [0, 0.05) is 19.0 Å². The molecule has 0 aliphatic carbocycles. The number of hydrogen-bond acceptors (Lipinski definition) is 4. The van der Waals surface area contributed by atoms with Crippen LogP contribution >= 0.6 is 11.6 Å². The zero-order valence-corrected chi connectivity index (χ0v) is 11.6. The van der Waals surface area contributed by atoms with Crippen LogP contribution in [0.1, 0.15) is 17.5 Å². The zero-order chi connectivity index (χ0) is 14.1. The smallest absolute Gasteiger partial charge is 0.228 e. The molecule has 2 aromatic heterocycles. The molecular formula is C13H12ClFN4O. The van der Waals surface area contributed by atoms with Crippen LogP contribution in [0, 0.1) is 12.7 Å². The maximum absolute atomic E-state index is 13.2. The summed E-state index contributed by atoms with van der Waals surface area (Å²) in [5, 5.41) is 3.75. The van der Waals surface area contributed by atoms with Crippen LogP contribution in [-0.2, 0) is 18.8 Å². The number of alkyl halides is 1. The van der Waals surface area contributed by atoms with Crippen LogP contribution in [0.15, 0.2) is 22.7 Å². The number of fused-ring (bicyclic) bond motifs is 1. The topological polar surface area (TPSA) is 56.7 Å². The zero-order valence-electron chi connectivity index (χ0n) is 10.8. The second kappa shape index (κ2) is 5.20. The lowest BCUT2D eigenvalue weighted by atomic mass is 10.3. The first-order valence-electron chi connectivity index (χ1n) is 6.17. The summed E-state index contributed by atoms with van der Waals surface area (Å²) >= 11 is 5.90. The normalized spacial score (nSPS) is 11.3. The molecule has 7 heteroatoms. The van der Waals surface area contributed by atoms with Gasteiger partial charge in [0.05, 0.1) is 16.9 Å². The van der Waals surface area contributed by atoms with Crippen molar-refractivity contribution in [1.82, 2.24) is 19.7 Å². The van der Waals surface area contributed by atoms with Crippen molar-refractivity contribution in [3.8, 4) is 0 Å². The van der Waals surface area contributed by atoms with Gasteiger partial charge in [-0.3, -0.25) is 0 Å². The van der Waals surface area contributed by atoms with E-state index in [4.69, 9.17) is 16.1 Å². The second-order valence-corrected chi connectivity index (χ2v) is 4.70. The van der Waals surface area contributed by atoms with Crippen LogP contribution in [0.3, 0.4) is 0 Å². The minimum absolute atomic E-state index is 0.263. The molecule has 0 saturated heterocycles. The summed E-state index contributed by atoms with van der Waals surface area (Å²) in [6, 6.07) is 4.51. The van der Waals surface area contributed by atoms with Gasteiger partial charge in [-0.2, -0.15) is 4.98 Å². The molecule has 2 heterocycles. The van der Waals surface area contributed by atoms with Crippen molar-refractivity contribution in [2.45, 2.75) is 25.8 Å². The summed E-state index contributed by atoms with van der Waals surface area (Å²) in [5.41, 5.74) is 1.45. The maximum Gasteiger partial charge on any atom is 0.228 e. The predicted molar refractivity (Wildman–Crippen MR) is 72.0 cm³/mol. The molecule has 3 rings (SSSR count). The Hall–Kier alpha value is -1.95. The van der Waals surface area contributed by atoms with Crippen molar-refractivity contribution < 1.29 is 8.91 Å². The predicted octanol–water partition coefficient (Wildman–Crippen LogP) is 2.85. The molecule has 5 nitrogen and oxygen atoms in total. The Morgan fingerprint density at radius 3 is 2.90 bits per heavy atom. The number of hydrogen-bond donors (Lipinski definition) is 0. The summed E-state index contributed by atoms with van der Waals surface area (Å²) in [6.07, 6.45) is 0.577. The van der Waals surface area contributed by atoms with Crippen LogP contribution < -0.4 is 0 Å². The molecule has 0 saturated carbocycles. The SMILES string of the molecule is Cc1noc(CCn2c(CCl)nc3cc(F)ccc32)n1. The average molecular weight is 295 g/mol. The molecule has 0 fully saturated rings. The van der Waals surface area contributed by atoms with E-state index in [0.717, 1.165) is 5.52 Å². The van der Waals surface area contributed by atoms with Crippen molar-refractivity contribution >= 4 is 22.6 Å². The Kier molecular flexibility index (Phi) is 3.40. The van der Waals surface area contributed by atoms with Crippen LogP contribution in [0.5, 0.6) is 0 Å². The lowest BCUT2D eigenvalue weighted by molar-refractivity contribution is 0.368. The molecule has 0 unspecified atom stereocenters. The summed E-state index contributed by atoms with van der Waals surface area (Å²) in [4.78, 5) is 8.49. The van der Waals surface area contributed by atoms with Crippen LogP contribution in [0.25, 0.3) is 11.0 Å². The number of rotatable bonds is 4. The number of halogens is 2. The number of benzene rings is 1. The molecule has 1 aromatic carbocycles. The van der Waals surface area contributed by atoms with Crippen molar-refractivity contribution in [1.29, 1.82) is 0 Å². The highest BCUT2D eigenvalue weighted by Gasteiger charge is 2.12. The first-order valence-corrected chi connectivity index (χ1v) is 6.70. The molecule has 20 heavy (non-hydrogen) atoms. The lowest BCUT2D eigenvalue weighted by Crippen LogP contribution is -2.05. The Morgan fingerprint density at radius 1 is 1.35 bits per heavy atom. The van der Waals surface area contributed by atoms with Crippen LogP contribution in [0.2, 0.25) is 0 Å². The maximum atomic E-state index is 13.2. The monoisotopic (exact) mass is 294 g/mol. The van der Waals surface area contributed by atoms with Crippen molar-refractivity contribution in [2.75, 3.05) is 0 Å². The largest absolute Gasteiger partial charge is 0.339 e. The molecule has 0 N–H and O–H groups in total. The molecule has 104 valence electrons. The van der Waals surface area contributed by atoms with E-state index < -0.39 is 0 Å². The van der Waals surface area contributed by atoms with Gasteiger partial charge in [-0.1, -0.05) is 5.16 Å². The molecule has 0 amide bonds. The van der Waals surface area contributed by atoms with Gasteiger partial charge in [-0.25, -0.2) is 9.37 Å². The third-order valence-corrected chi connectivity index (χ3v) is 3.27. The van der Waals surface area contributed by atoms with Gasteiger partial charge in [0.25, 0.3) is 0 Å². The number of imidazole rings is 1. The lowest BCUT2D eigenvalue weighted by Gasteiger charge is -2.05. The minimum atomic E-state index is -0.309. The van der Waals surface area contributed by atoms with Gasteiger partial charge in [-0.05, 0) is 19.1 Å². The molecular weight excluding hydrogens is 283 g/mol. The van der Waals surface area contributed by atoms with E-state index in [2.05, 4.69) is 15.1 Å². The van der Waals surface area contributed by atoms with E-state index >= 15 is 0 Å². The fourth-order valence-electron chi connectivity index (χ4n) is 2.15. The van der Waals surface area contributed by atoms with E-state index in [1.165, 1.54) is 12.1 Å². The third-order valence-electron chi connectivity index (χ3n) is 3.03. The molecule has 0 radical (unpaired) electrons. The molecule has 0 atom stereocenters. The standard InChI is InChI=1S/C13H12ClFN4O/c1-8-16-13(20-18-8)4-5-19-11-3-2-9(15)6-10(11)17-12(19)7-14/h2-3,6H,4-5,7H2,1H3. The highest BCUT2D eigenvalue weighted by Crippen LogP contribution is 2.19. The second-order valence-electron chi connectivity index (χ2n) is 4.43. The summed E-state index contributed by atoms with van der Waals surface area (Å²) in [7, 11) is 0. The highest BCUT2D eigenvalue weighted by atomic mass is 35.5. The van der Waals surface area contributed by atoms with E-state index in [1.54, 1.807) is 13.0 Å². The van der Waals surface area contributed by atoms with Gasteiger partial charge in [0.2, 0.25) is 5.89 Å². The molecule has 0 bridgehead atoms. The van der Waals surface area contributed by atoms with E-state index in [1.807, 2.05) is 4.57 Å². The quantitative estimate of drug-likeness (QED) is 0.694. The Morgan fingerprint density at radius 2 is 2.20 bits per heavy atom. The first kappa shape index (κ1) is 13.1. The van der Waals surface area contributed by atoms with Crippen LogP contribution in [0.4, 0.5) is 4.39 Å². The van der Waals surface area contributed by atoms with Crippen molar-refractivity contribution in [2.24, 2.45) is 0 Å². The van der Waals surface area contributed by atoms with Gasteiger partial charge in [0.15, 0.2) is 5.82 Å². The summed E-state index contributed by atoms with van der Waals surface area (Å²) in [5.74, 6) is 1.82. The van der Waals surface area contributed by atoms with Gasteiger partial charge < -0.3 is 9.09 Å². The summed E-state index contributed by atoms with van der Waals surface area (Å²) < 4.78 is 20.2. The van der Waals surface area contributed by atoms with Crippen LogP contribution in [-0.4, -0.2) is 19.7 Å². The molecule has 0 spiro atoms. The Labute approximate surface area is 119 Å². The Bertz CT molecular complexity index is 752. The average Bonchev–Trinajstić information content (AvgIpc) is 2.99. The van der Waals surface area contributed by atoms with Crippen molar-refractivity contribution in [3.05, 3.63) is 41.6 Å². The molecule has 0 aliphatic rings. The number of nitrogens with zero attached hydrogens (tertiary/aromatic N) is 4. The van der Waals surface area contributed by atoms with E-state index in [-0.39, 0.29) is 11.7 Å². The number of aromatic nitrogens is 4. The molecule has 3 aromatic rings. The highest BCUT2D eigenvalue weighted by molar-refractivity contribution is 6.16. The van der Waals surface area contributed by atoms with Gasteiger partial charge >= 0.3 is 0 Å². The van der Waals surface area contributed by atoms with E-state index in [9.17, 15) is 4.39 Å². The first-order chi connectivity index (χ1) is 9.67. The summed E-state index contributed by atoms with van der Waals surface area (Å²) in [6.45, 7) is 2.37. The molecule has 0 aliphatic heterocycles. The fourth-order valence-corrected chi connectivity index (χ4v) is 2.36. The minimum Gasteiger partial charge on any atom is -0.339 e. The Balaban J connectivity index is 1.93. The van der Waals surface area contributed by atoms with E-state index in [0.29, 0.717) is 36.0 Å². The van der Waals surface area contributed by atoms with Crippen molar-refractivity contribution in [3.63, 3.8) is 0 Å². The fraction of sp³-hybridized carbons (Fsp3) is 0.308.